The van der Waals surface area contributed by atoms with Gasteiger partial charge in [-0.05, 0) is 37.3 Å². The quantitative estimate of drug-likeness (QED) is 0.579. The SMILES string of the molecule is COc1cccc2c1CC(C)(CCCc1ccc([N+](=O)[O-])cc1)C2=O. The third-order valence-electron chi connectivity index (χ3n) is 5.05. The van der Waals surface area contributed by atoms with Gasteiger partial charge in [0.05, 0.1) is 12.0 Å². The highest BCUT2D eigenvalue weighted by molar-refractivity contribution is 6.05. The van der Waals surface area contributed by atoms with Gasteiger partial charge >= 0.3 is 0 Å². The number of non-ortho nitro benzene ring substituents is 1. The summed E-state index contributed by atoms with van der Waals surface area (Å²) in [6.07, 6.45) is 3.14. The predicted octanol–water partition coefficient (Wildman–Crippen LogP) is 4.37. The van der Waals surface area contributed by atoms with Crippen molar-refractivity contribution in [2.24, 2.45) is 5.41 Å². The molecule has 2 aromatic carbocycles. The van der Waals surface area contributed by atoms with Gasteiger partial charge in [-0.2, -0.15) is 0 Å². The minimum absolute atomic E-state index is 0.101. The van der Waals surface area contributed by atoms with Crippen LogP contribution in [0.1, 0.15) is 41.3 Å². The van der Waals surface area contributed by atoms with E-state index in [0.717, 1.165) is 41.7 Å². The maximum absolute atomic E-state index is 12.8. The number of hydrogen-bond acceptors (Lipinski definition) is 4. The van der Waals surface area contributed by atoms with Crippen molar-refractivity contribution in [3.05, 3.63) is 69.3 Å². The number of aryl methyl sites for hydroxylation is 1. The maximum atomic E-state index is 12.8. The van der Waals surface area contributed by atoms with E-state index in [1.165, 1.54) is 12.1 Å². The molecule has 0 N–H and O–H groups in total. The Kier molecular flexibility index (Phi) is 4.57. The van der Waals surface area contributed by atoms with E-state index >= 15 is 0 Å². The number of carbonyl (C=O) groups excluding carboxylic acids is 1. The first kappa shape index (κ1) is 17.1. The zero-order chi connectivity index (χ0) is 18.0. The lowest BCUT2D eigenvalue weighted by Gasteiger charge is -2.21. The second-order valence-electron chi connectivity index (χ2n) is 6.83. The highest BCUT2D eigenvalue weighted by Crippen LogP contribution is 2.43. The molecule has 130 valence electrons. The smallest absolute Gasteiger partial charge is 0.269 e. The molecule has 3 rings (SSSR count). The van der Waals surface area contributed by atoms with Gasteiger partial charge < -0.3 is 4.74 Å². The highest BCUT2D eigenvalue weighted by atomic mass is 16.6. The molecule has 0 aliphatic heterocycles. The molecule has 0 bridgehead atoms. The van der Waals surface area contributed by atoms with Crippen molar-refractivity contribution in [1.82, 2.24) is 0 Å². The molecule has 0 aromatic heterocycles. The van der Waals surface area contributed by atoms with Crippen molar-refractivity contribution in [2.45, 2.75) is 32.6 Å². The molecule has 0 radical (unpaired) electrons. The topological polar surface area (TPSA) is 69.4 Å². The summed E-state index contributed by atoms with van der Waals surface area (Å²) in [6, 6.07) is 12.3. The van der Waals surface area contributed by atoms with Gasteiger partial charge in [0.25, 0.3) is 5.69 Å². The number of fused-ring (bicyclic) bond motifs is 1. The Labute approximate surface area is 146 Å². The Morgan fingerprint density at radius 2 is 1.92 bits per heavy atom. The number of nitro benzene ring substituents is 1. The number of Topliss-reactive ketones (excluding diaryl/α,β-unsaturated/α-hetero) is 1. The van der Waals surface area contributed by atoms with Crippen molar-refractivity contribution in [2.75, 3.05) is 7.11 Å². The van der Waals surface area contributed by atoms with Crippen molar-refractivity contribution < 1.29 is 14.5 Å². The monoisotopic (exact) mass is 339 g/mol. The predicted molar refractivity (Wildman–Crippen MR) is 95.2 cm³/mol. The first-order valence-corrected chi connectivity index (χ1v) is 8.38. The van der Waals surface area contributed by atoms with Crippen LogP contribution in [-0.4, -0.2) is 17.8 Å². The molecule has 0 saturated carbocycles. The van der Waals surface area contributed by atoms with Crippen LogP contribution in [0.15, 0.2) is 42.5 Å². The lowest BCUT2D eigenvalue weighted by molar-refractivity contribution is -0.384. The summed E-state index contributed by atoms with van der Waals surface area (Å²) in [5.74, 6) is 0.968. The molecule has 0 fully saturated rings. The number of benzene rings is 2. The van der Waals surface area contributed by atoms with Gasteiger partial charge in [-0.1, -0.05) is 31.2 Å². The molecule has 1 atom stereocenters. The molecule has 0 heterocycles. The summed E-state index contributed by atoms with van der Waals surface area (Å²) in [6.45, 7) is 2.02. The second-order valence-corrected chi connectivity index (χ2v) is 6.83. The summed E-state index contributed by atoms with van der Waals surface area (Å²) in [5, 5.41) is 10.7. The van der Waals surface area contributed by atoms with E-state index in [2.05, 4.69) is 0 Å². The number of nitrogens with zero attached hydrogens (tertiary/aromatic N) is 1. The molecule has 1 aliphatic carbocycles. The summed E-state index contributed by atoms with van der Waals surface area (Å²) in [7, 11) is 1.63. The largest absolute Gasteiger partial charge is 0.496 e. The Balaban J connectivity index is 1.65. The number of hydrogen-bond donors (Lipinski definition) is 0. The number of methoxy groups -OCH3 is 1. The first-order chi connectivity index (χ1) is 11.9. The van der Waals surface area contributed by atoms with Gasteiger partial charge in [-0.3, -0.25) is 14.9 Å². The van der Waals surface area contributed by atoms with Crippen molar-refractivity contribution >= 4 is 11.5 Å². The summed E-state index contributed by atoms with van der Waals surface area (Å²) in [4.78, 5) is 23.1. The Morgan fingerprint density at radius 3 is 2.56 bits per heavy atom. The number of nitro groups is 1. The van der Waals surface area contributed by atoms with Crippen LogP contribution in [0.25, 0.3) is 0 Å². The zero-order valence-electron chi connectivity index (χ0n) is 14.5. The van der Waals surface area contributed by atoms with Gasteiger partial charge in [0.15, 0.2) is 5.78 Å². The van der Waals surface area contributed by atoms with Crippen molar-refractivity contribution in [3.63, 3.8) is 0 Å². The molecular formula is C20H21NO4. The van der Waals surface area contributed by atoms with Crippen LogP contribution >= 0.6 is 0 Å². The average Bonchev–Trinajstić information content (AvgIpc) is 2.86. The van der Waals surface area contributed by atoms with Crippen LogP contribution in [0, 0.1) is 15.5 Å². The van der Waals surface area contributed by atoms with Crippen molar-refractivity contribution in [1.29, 1.82) is 0 Å². The molecule has 2 aromatic rings. The summed E-state index contributed by atoms with van der Waals surface area (Å²) in [5.41, 5.74) is 2.53. The van der Waals surface area contributed by atoms with Crippen LogP contribution in [-0.2, 0) is 12.8 Å². The Bertz CT molecular complexity index is 813. The van der Waals surface area contributed by atoms with E-state index in [-0.39, 0.29) is 11.5 Å². The van der Waals surface area contributed by atoms with Crippen LogP contribution in [0.2, 0.25) is 0 Å². The molecule has 1 unspecified atom stereocenters. The van der Waals surface area contributed by atoms with Crippen LogP contribution in [0.5, 0.6) is 5.75 Å². The fraction of sp³-hybridized carbons (Fsp3) is 0.350. The van der Waals surface area contributed by atoms with Gasteiger partial charge in [-0.25, -0.2) is 0 Å². The molecule has 5 nitrogen and oxygen atoms in total. The zero-order valence-corrected chi connectivity index (χ0v) is 14.5. The highest BCUT2D eigenvalue weighted by Gasteiger charge is 2.42. The van der Waals surface area contributed by atoms with Crippen molar-refractivity contribution in [3.8, 4) is 5.75 Å². The average molecular weight is 339 g/mol. The maximum Gasteiger partial charge on any atom is 0.269 e. The molecule has 5 heteroatoms. The van der Waals surface area contributed by atoms with E-state index in [9.17, 15) is 14.9 Å². The number of ketones is 1. The second kappa shape index (κ2) is 6.67. The van der Waals surface area contributed by atoms with E-state index in [0.29, 0.717) is 6.42 Å². The van der Waals surface area contributed by atoms with E-state index in [4.69, 9.17) is 4.74 Å². The molecule has 25 heavy (non-hydrogen) atoms. The third-order valence-corrected chi connectivity index (χ3v) is 5.05. The van der Waals surface area contributed by atoms with E-state index in [1.54, 1.807) is 19.2 Å². The van der Waals surface area contributed by atoms with Gasteiger partial charge in [-0.15, -0.1) is 0 Å². The van der Waals surface area contributed by atoms with E-state index in [1.807, 2.05) is 25.1 Å². The minimum Gasteiger partial charge on any atom is -0.496 e. The fourth-order valence-corrected chi connectivity index (χ4v) is 3.62. The lowest BCUT2D eigenvalue weighted by atomic mass is 9.80. The van der Waals surface area contributed by atoms with Crippen LogP contribution in [0.3, 0.4) is 0 Å². The number of rotatable bonds is 6. The third kappa shape index (κ3) is 3.27. The molecule has 0 amide bonds. The van der Waals surface area contributed by atoms with Gasteiger partial charge in [0.2, 0.25) is 0 Å². The van der Waals surface area contributed by atoms with Crippen LogP contribution < -0.4 is 4.74 Å². The van der Waals surface area contributed by atoms with Gasteiger partial charge in [0, 0.05) is 28.7 Å². The lowest BCUT2D eigenvalue weighted by Crippen LogP contribution is -2.24. The molecular weight excluding hydrogens is 318 g/mol. The number of ether oxygens (including phenoxy) is 1. The van der Waals surface area contributed by atoms with Crippen LogP contribution in [0.4, 0.5) is 5.69 Å². The normalized spacial score (nSPS) is 18.9. The summed E-state index contributed by atoms with van der Waals surface area (Å²) < 4.78 is 5.40. The molecule has 0 saturated heterocycles. The molecule has 0 spiro atoms. The fourth-order valence-electron chi connectivity index (χ4n) is 3.62. The first-order valence-electron chi connectivity index (χ1n) is 8.38. The summed E-state index contributed by atoms with van der Waals surface area (Å²) >= 11 is 0. The molecule has 1 aliphatic rings. The minimum atomic E-state index is -0.405. The van der Waals surface area contributed by atoms with Gasteiger partial charge in [0.1, 0.15) is 5.75 Å². The standard InChI is InChI=1S/C20H21NO4/c1-20(12-4-5-14-8-10-15(11-9-14)21(23)24)13-17-16(19(20)22)6-3-7-18(17)25-2/h3,6-11H,4-5,12-13H2,1-2H3. The van der Waals surface area contributed by atoms with E-state index < -0.39 is 10.3 Å². The number of carbonyl (C=O) groups is 1. The Morgan fingerprint density at radius 1 is 1.20 bits per heavy atom. The Hall–Kier alpha value is -2.69.